The van der Waals surface area contributed by atoms with Crippen molar-refractivity contribution in [3.05, 3.63) is 23.8 Å². The minimum atomic E-state index is 0.693. The van der Waals surface area contributed by atoms with E-state index in [4.69, 9.17) is 11.5 Å². The van der Waals surface area contributed by atoms with Gasteiger partial charge in [0.15, 0.2) is 0 Å². The standard InChI is InChI=1S/C9H14N2S/c1-7-2-3-8(11)9(6-7)12-5-4-10/h2-3,6H,4-5,10-11H2,1H3. The number of hydrogen-bond acceptors (Lipinski definition) is 3. The van der Waals surface area contributed by atoms with Gasteiger partial charge in [0.05, 0.1) is 0 Å². The van der Waals surface area contributed by atoms with E-state index in [0.29, 0.717) is 6.54 Å². The van der Waals surface area contributed by atoms with Crippen LogP contribution in [0.15, 0.2) is 23.1 Å². The lowest BCUT2D eigenvalue weighted by Crippen LogP contribution is -2.01. The molecule has 12 heavy (non-hydrogen) atoms. The lowest BCUT2D eigenvalue weighted by atomic mass is 10.2. The molecule has 0 aromatic heterocycles. The van der Waals surface area contributed by atoms with Crippen molar-refractivity contribution in [3.8, 4) is 0 Å². The van der Waals surface area contributed by atoms with Gasteiger partial charge in [-0.2, -0.15) is 0 Å². The molecule has 1 aromatic carbocycles. The van der Waals surface area contributed by atoms with E-state index < -0.39 is 0 Å². The lowest BCUT2D eigenvalue weighted by molar-refractivity contribution is 1.15. The number of anilines is 1. The van der Waals surface area contributed by atoms with Crippen LogP contribution in [0.25, 0.3) is 0 Å². The van der Waals surface area contributed by atoms with E-state index in [9.17, 15) is 0 Å². The first-order valence-electron chi connectivity index (χ1n) is 3.93. The molecule has 0 atom stereocenters. The molecule has 0 aliphatic carbocycles. The summed E-state index contributed by atoms with van der Waals surface area (Å²) in [6, 6.07) is 6.05. The molecule has 4 N–H and O–H groups in total. The maximum Gasteiger partial charge on any atom is 0.0452 e. The maximum absolute atomic E-state index is 5.77. The zero-order chi connectivity index (χ0) is 8.97. The molecule has 0 fully saturated rings. The fourth-order valence-electron chi connectivity index (χ4n) is 0.935. The summed E-state index contributed by atoms with van der Waals surface area (Å²) in [7, 11) is 0. The SMILES string of the molecule is Cc1ccc(N)c(SCCN)c1. The predicted molar refractivity (Wildman–Crippen MR) is 55.4 cm³/mol. The molecule has 0 spiro atoms. The highest BCUT2D eigenvalue weighted by Crippen LogP contribution is 2.25. The zero-order valence-electron chi connectivity index (χ0n) is 7.21. The average Bonchev–Trinajstić information content (AvgIpc) is 2.07. The molecule has 0 radical (unpaired) electrons. The molecule has 0 heterocycles. The number of benzene rings is 1. The molecular weight excluding hydrogens is 168 g/mol. The van der Waals surface area contributed by atoms with Crippen LogP contribution >= 0.6 is 11.8 Å². The molecular formula is C9H14N2S. The number of thioether (sulfide) groups is 1. The fourth-order valence-corrected chi connectivity index (χ4v) is 1.78. The number of nitrogen functional groups attached to an aromatic ring is 1. The van der Waals surface area contributed by atoms with E-state index in [1.165, 1.54) is 5.56 Å². The van der Waals surface area contributed by atoms with Crippen LogP contribution in [-0.2, 0) is 0 Å². The van der Waals surface area contributed by atoms with Crippen molar-refractivity contribution in [3.63, 3.8) is 0 Å². The Morgan fingerprint density at radius 1 is 1.42 bits per heavy atom. The molecule has 0 unspecified atom stereocenters. The Labute approximate surface area is 77.3 Å². The maximum atomic E-state index is 5.77. The first kappa shape index (κ1) is 9.42. The van der Waals surface area contributed by atoms with E-state index in [1.807, 2.05) is 12.1 Å². The van der Waals surface area contributed by atoms with Crippen LogP contribution < -0.4 is 11.5 Å². The van der Waals surface area contributed by atoms with Crippen LogP contribution in [0, 0.1) is 6.92 Å². The number of aryl methyl sites for hydroxylation is 1. The second-order valence-corrected chi connectivity index (χ2v) is 3.82. The first-order chi connectivity index (χ1) is 5.74. The summed E-state index contributed by atoms with van der Waals surface area (Å²) in [5, 5.41) is 0. The van der Waals surface area contributed by atoms with Gasteiger partial charge in [-0.15, -0.1) is 11.8 Å². The Bertz CT molecular complexity index is 261. The van der Waals surface area contributed by atoms with Crippen LogP contribution in [-0.4, -0.2) is 12.3 Å². The van der Waals surface area contributed by atoms with Crippen molar-refractivity contribution in [1.82, 2.24) is 0 Å². The van der Waals surface area contributed by atoms with Gasteiger partial charge in [0, 0.05) is 22.9 Å². The molecule has 0 saturated heterocycles. The summed E-state index contributed by atoms with van der Waals surface area (Å²) in [6.45, 7) is 2.75. The van der Waals surface area contributed by atoms with Crippen LogP contribution in [0.4, 0.5) is 5.69 Å². The summed E-state index contributed by atoms with van der Waals surface area (Å²) in [6.07, 6.45) is 0. The van der Waals surface area contributed by atoms with Crippen LogP contribution in [0.1, 0.15) is 5.56 Å². The molecule has 0 bridgehead atoms. The van der Waals surface area contributed by atoms with E-state index in [2.05, 4.69) is 13.0 Å². The predicted octanol–water partition coefficient (Wildman–Crippen LogP) is 1.63. The second kappa shape index (κ2) is 4.38. The molecule has 0 aliphatic heterocycles. The number of hydrogen-bond donors (Lipinski definition) is 2. The highest BCUT2D eigenvalue weighted by molar-refractivity contribution is 7.99. The largest absolute Gasteiger partial charge is 0.398 e. The lowest BCUT2D eigenvalue weighted by Gasteiger charge is -2.04. The Hall–Kier alpha value is -0.670. The van der Waals surface area contributed by atoms with Gasteiger partial charge in [-0.25, -0.2) is 0 Å². The molecule has 1 rings (SSSR count). The van der Waals surface area contributed by atoms with Crippen molar-refractivity contribution in [2.75, 3.05) is 18.0 Å². The fraction of sp³-hybridized carbons (Fsp3) is 0.333. The Morgan fingerprint density at radius 3 is 2.83 bits per heavy atom. The quantitative estimate of drug-likeness (QED) is 0.552. The summed E-state index contributed by atoms with van der Waals surface area (Å²) >= 11 is 1.71. The van der Waals surface area contributed by atoms with Gasteiger partial charge in [0.2, 0.25) is 0 Å². The van der Waals surface area contributed by atoms with Crippen LogP contribution in [0.5, 0.6) is 0 Å². The van der Waals surface area contributed by atoms with Crippen LogP contribution in [0.3, 0.4) is 0 Å². The van der Waals surface area contributed by atoms with Crippen molar-refractivity contribution in [2.45, 2.75) is 11.8 Å². The second-order valence-electron chi connectivity index (χ2n) is 2.68. The Kier molecular flexibility index (Phi) is 3.44. The Morgan fingerprint density at radius 2 is 2.17 bits per heavy atom. The summed E-state index contributed by atoms with van der Waals surface area (Å²) < 4.78 is 0. The van der Waals surface area contributed by atoms with Crippen LogP contribution in [0.2, 0.25) is 0 Å². The van der Waals surface area contributed by atoms with Gasteiger partial charge in [0.1, 0.15) is 0 Å². The topological polar surface area (TPSA) is 52.0 Å². The van der Waals surface area contributed by atoms with Gasteiger partial charge >= 0.3 is 0 Å². The first-order valence-corrected chi connectivity index (χ1v) is 4.91. The molecule has 0 saturated carbocycles. The van der Waals surface area contributed by atoms with Crippen molar-refractivity contribution in [1.29, 1.82) is 0 Å². The molecule has 0 aliphatic rings. The van der Waals surface area contributed by atoms with Gasteiger partial charge < -0.3 is 11.5 Å². The highest BCUT2D eigenvalue weighted by Gasteiger charge is 1.98. The minimum absolute atomic E-state index is 0.693. The minimum Gasteiger partial charge on any atom is -0.398 e. The molecule has 0 amide bonds. The molecule has 2 nitrogen and oxygen atoms in total. The Balaban J connectivity index is 2.75. The zero-order valence-corrected chi connectivity index (χ0v) is 8.03. The highest BCUT2D eigenvalue weighted by atomic mass is 32.2. The number of rotatable bonds is 3. The van der Waals surface area contributed by atoms with E-state index in [-0.39, 0.29) is 0 Å². The molecule has 66 valence electrons. The van der Waals surface area contributed by atoms with Gasteiger partial charge in [-0.3, -0.25) is 0 Å². The third-order valence-corrected chi connectivity index (χ3v) is 2.65. The molecule has 3 heteroatoms. The third-order valence-electron chi connectivity index (χ3n) is 1.54. The van der Waals surface area contributed by atoms with E-state index in [1.54, 1.807) is 11.8 Å². The smallest absolute Gasteiger partial charge is 0.0452 e. The van der Waals surface area contributed by atoms with E-state index >= 15 is 0 Å². The third kappa shape index (κ3) is 2.43. The average molecular weight is 182 g/mol. The van der Waals surface area contributed by atoms with Crippen molar-refractivity contribution in [2.24, 2.45) is 5.73 Å². The van der Waals surface area contributed by atoms with Gasteiger partial charge in [-0.1, -0.05) is 6.07 Å². The van der Waals surface area contributed by atoms with Crippen molar-refractivity contribution < 1.29 is 0 Å². The number of nitrogens with two attached hydrogens (primary N) is 2. The van der Waals surface area contributed by atoms with E-state index in [0.717, 1.165) is 16.3 Å². The normalized spacial score (nSPS) is 10.2. The summed E-state index contributed by atoms with van der Waals surface area (Å²) in [5.74, 6) is 0.924. The van der Waals surface area contributed by atoms with Gasteiger partial charge in [-0.05, 0) is 24.6 Å². The van der Waals surface area contributed by atoms with Crippen molar-refractivity contribution >= 4 is 17.4 Å². The monoisotopic (exact) mass is 182 g/mol. The van der Waals surface area contributed by atoms with Gasteiger partial charge in [0.25, 0.3) is 0 Å². The summed E-state index contributed by atoms with van der Waals surface area (Å²) in [4.78, 5) is 1.14. The summed E-state index contributed by atoms with van der Waals surface area (Å²) in [5.41, 5.74) is 13.3. The molecule has 1 aromatic rings.